The van der Waals surface area contributed by atoms with Crippen molar-refractivity contribution in [2.45, 2.75) is 45.7 Å². The highest BCUT2D eigenvalue weighted by Gasteiger charge is 2.26. The number of rotatable bonds is 6. The van der Waals surface area contributed by atoms with Crippen LogP contribution < -0.4 is 0 Å². The van der Waals surface area contributed by atoms with Gasteiger partial charge in [0, 0.05) is 38.8 Å². The number of aromatic nitrogens is 5. The number of hydrogen-bond acceptors (Lipinski definition) is 5. The quantitative estimate of drug-likeness (QED) is 0.462. The van der Waals surface area contributed by atoms with Crippen LogP contribution in [0, 0.1) is 6.92 Å². The summed E-state index contributed by atoms with van der Waals surface area (Å²) < 4.78 is 3.46. The Morgan fingerprint density at radius 2 is 1.97 bits per heavy atom. The minimum Gasteiger partial charge on any atom is -0.481 e. The van der Waals surface area contributed by atoms with Crippen molar-refractivity contribution in [3.8, 4) is 0 Å². The van der Waals surface area contributed by atoms with Crippen LogP contribution >= 0.6 is 0 Å². The number of aryl methyl sites for hydroxylation is 3. The smallest absolute Gasteiger partial charge is 0.304 e. The van der Waals surface area contributed by atoms with Gasteiger partial charge in [-0.1, -0.05) is 29.5 Å². The number of amides is 1. The third-order valence-electron chi connectivity index (χ3n) is 6.90. The normalized spacial score (nSPS) is 14.2. The van der Waals surface area contributed by atoms with Gasteiger partial charge in [-0.3, -0.25) is 14.3 Å². The Morgan fingerprint density at radius 3 is 2.69 bits per heavy atom. The second-order valence-electron chi connectivity index (χ2n) is 9.08. The monoisotopic (exact) mass is 472 g/mol. The molecule has 1 atom stereocenters. The number of hydrogen-bond donors (Lipinski definition) is 1. The van der Waals surface area contributed by atoms with Gasteiger partial charge in [0.1, 0.15) is 11.2 Å². The van der Waals surface area contributed by atoms with E-state index in [0.29, 0.717) is 25.3 Å². The second-order valence-corrected chi connectivity index (χ2v) is 9.08. The molecule has 0 bridgehead atoms. The van der Waals surface area contributed by atoms with Crippen molar-refractivity contribution in [2.24, 2.45) is 7.05 Å². The second kappa shape index (κ2) is 8.98. The summed E-state index contributed by atoms with van der Waals surface area (Å²) >= 11 is 0. The largest absolute Gasteiger partial charge is 0.481 e. The fourth-order valence-electron chi connectivity index (χ4n) is 5.03. The Kier molecular flexibility index (Phi) is 5.84. The Morgan fingerprint density at radius 1 is 1.14 bits per heavy atom. The molecular weight excluding hydrogens is 444 g/mol. The molecular formula is C26H28N6O3. The molecule has 1 unspecified atom stereocenters. The van der Waals surface area contributed by atoms with E-state index < -0.39 is 5.97 Å². The predicted octanol–water partition coefficient (Wildman–Crippen LogP) is 3.30. The van der Waals surface area contributed by atoms with Crippen LogP contribution in [0.25, 0.3) is 11.0 Å². The zero-order valence-electron chi connectivity index (χ0n) is 20.1. The van der Waals surface area contributed by atoms with Crippen molar-refractivity contribution in [2.75, 3.05) is 6.54 Å². The van der Waals surface area contributed by atoms with Crippen LogP contribution in [0.3, 0.4) is 0 Å². The van der Waals surface area contributed by atoms with Crippen LogP contribution in [-0.4, -0.2) is 53.2 Å². The molecule has 35 heavy (non-hydrogen) atoms. The van der Waals surface area contributed by atoms with Gasteiger partial charge < -0.3 is 10.0 Å². The summed E-state index contributed by atoms with van der Waals surface area (Å²) in [4.78, 5) is 26.6. The molecule has 1 N–H and O–H groups in total. The maximum absolute atomic E-state index is 13.0. The lowest BCUT2D eigenvalue weighted by Crippen LogP contribution is -2.36. The van der Waals surface area contributed by atoms with Crippen LogP contribution in [0.5, 0.6) is 0 Å². The van der Waals surface area contributed by atoms with Crippen molar-refractivity contribution in [1.29, 1.82) is 0 Å². The van der Waals surface area contributed by atoms with Crippen molar-refractivity contribution >= 4 is 22.9 Å². The molecule has 0 aliphatic carbocycles. The highest BCUT2D eigenvalue weighted by molar-refractivity contribution is 5.92. The first-order valence-electron chi connectivity index (χ1n) is 11.8. The van der Waals surface area contributed by atoms with Gasteiger partial charge in [0.15, 0.2) is 0 Å². The molecule has 1 aliphatic rings. The molecule has 2 aromatic heterocycles. The summed E-state index contributed by atoms with van der Waals surface area (Å²) in [6, 6.07) is 11.9. The van der Waals surface area contributed by atoms with Crippen molar-refractivity contribution in [3.63, 3.8) is 0 Å². The molecule has 3 heterocycles. The molecule has 0 fully saturated rings. The Labute approximate surface area is 203 Å². The Bertz CT molecular complexity index is 1440. The molecule has 9 heteroatoms. The standard InChI is InChI=1S/C26H28N6O3/c1-4-32-23-8-7-20(16(2)25(23)27-29-32)21(14-24(33)34)18-6-5-17-9-12-31(15-19(17)13-18)26(35)22-10-11-30(3)28-22/h5-8,10-11,13,21H,4,9,12,14-15H2,1-3H3,(H,33,34). The highest BCUT2D eigenvalue weighted by atomic mass is 16.4. The van der Waals surface area contributed by atoms with E-state index in [2.05, 4.69) is 27.5 Å². The van der Waals surface area contributed by atoms with E-state index in [1.165, 1.54) is 5.56 Å². The van der Waals surface area contributed by atoms with Crippen LogP contribution in [-0.2, 0) is 31.4 Å². The lowest BCUT2D eigenvalue weighted by atomic mass is 9.83. The maximum Gasteiger partial charge on any atom is 0.304 e. The minimum absolute atomic E-state index is 0.0381. The number of carbonyl (C=O) groups excluding carboxylic acids is 1. The fourth-order valence-corrected chi connectivity index (χ4v) is 5.03. The Balaban J connectivity index is 1.50. The third-order valence-corrected chi connectivity index (χ3v) is 6.90. The van der Waals surface area contributed by atoms with Gasteiger partial charge in [0.05, 0.1) is 11.9 Å². The fraction of sp³-hybridized carbons (Fsp3) is 0.346. The van der Waals surface area contributed by atoms with Gasteiger partial charge in [-0.15, -0.1) is 5.10 Å². The Hall–Kier alpha value is -4.01. The van der Waals surface area contributed by atoms with Gasteiger partial charge in [-0.2, -0.15) is 5.10 Å². The van der Waals surface area contributed by atoms with Crippen molar-refractivity contribution in [1.82, 2.24) is 29.7 Å². The summed E-state index contributed by atoms with van der Waals surface area (Å²) in [6.45, 7) is 5.81. The third kappa shape index (κ3) is 4.18. The van der Waals surface area contributed by atoms with E-state index in [-0.39, 0.29) is 18.2 Å². The minimum atomic E-state index is -0.864. The van der Waals surface area contributed by atoms with E-state index in [4.69, 9.17) is 0 Å². The van der Waals surface area contributed by atoms with Crippen molar-refractivity contribution < 1.29 is 14.7 Å². The molecule has 0 saturated carbocycles. The first-order valence-corrected chi connectivity index (χ1v) is 11.8. The number of fused-ring (bicyclic) bond motifs is 2. The van der Waals surface area contributed by atoms with Gasteiger partial charge in [0.2, 0.25) is 0 Å². The van der Waals surface area contributed by atoms with Gasteiger partial charge in [-0.25, -0.2) is 4.68 Å². The summed E-state index contributed by atoms with van der Waals surface area (Å²) in [6.07, 6.45) is 2.48. The number of carboxylic acid groups (broad SMARTS) is 1. The first-order chi connectivity index (χ1) is 16.9. The lowest BCUT2D eigenvalue weighted by molar-refractivity contribution is -0.137. The molecule has 2 aromatic carbocycles. The molecule has 1 amide bonds. The zero-order chi connectivity index (χ0) is 24.7. The predicted molar refractivity (Wildman–Crippen MR) is 130 cm³/mol. The van der Waals surface area contributed by atoms with Gasteiger partial charge in [0.25, 0.3) is 5.91 Å². The molecule has 4 aromatic rings. The topological polar surface area (TPSA) is 106 Å². The number of aliphatic carboxylic acids is 1. The summed E-state index contributed by atoms with van der Waals surface area (Å²) in [7, 11) is 1.79. The molecule has 0 saturated heterocycles. The maximum atomic E-state index is 13.0. The number of carbonyl (C=O) groups is 2. The molecule has 0 spiro atoms. The van der Waals surface area contributed by atoms with E-state index >= 15 is 0 Å². The lowest BCUT2D eigenvalue weighted by Gasteiger charge is -2.29. The summed E-state index contributed by atoms with van der Waals surface area (Å²) in [5.41, 5.74) is 7.19. The number of nitrogens with zero attached hydrogens (tertiary/aromatic N) is 6. The SMILES string of the molecule is CCn1nnc2c(C)c(C(CC(=O)O)c3ccc4c(c3)CN(C(=O)c3ccn(C)n3)CC4)ccc21. The van der Waals surface area contributed by atoms with Crippen LogP contribution in [0.1, 0.15) is 57.6 Å². The average Bonchev–Trinajstić information content (AvgIpc) is 3.48. The van der Waals surface area contributed by atoms with Gasteiger partial charge in [-0.05, 0) is 60.2 Å². The summed E-state index contributed by atoms with van der Waals surface area (Å²) in [5, 5.41) is 22.6. The number of carboxylic acids is 1. The highest BCUT2D eigenvalue weighted by Crippen LogP contribution is 2.35. The number of benzene rings is 2. The zero-order valence-corrected chi connectivity index (χ0v) is 20.1. The van der Waals surface area contributed by atoms with Crippen LogP contribution in [0.2, 0.25) is 0 Å². The van der Waals surface area contributed by atoms with Crippen LogP contribution in [0.4, 0.5) is 0 Å². The first kappa shape index (κ1) is 22.8. The molecule has 0 radical (unpaired) electrons. The van der Waals surface area contributed by atoms with Crippen molar-refractivity contribution in [3.05, 3.63) is 76.1 Å². The molecule has 5 rings (SSSR count). The molecule has 9 nitrogen and oxygen atoms in total. The molecule has 180 valence electrons. The van der Waals surface area contributed by atoms with E-state index in [9.17, 15) is 14.7 Å². The molecule has 1 aliphatic heterocycles. The van der Waals surface area contributed by atoms with Crippen LogP contribution in [0.15, 0.2) is 42.6 Å². The average molecular weight is 473 g/mol. The van der Waals surface area contributed by atoms with E-state index in [1.54, 1.807) is 28.9 Å². The van der Waals surface area contributed by atoms with E-state index in [1.807, 2.05) is 36.7 Å². The summed E-state index contributed by atoms with van der Waals surface area (Å²) in [5.74, 6) is -1.30. The van der Waals surface area contributed by atoms with Gasteiger partial charge >= 0.3 is 5.97 Å². The van der Waals surface area contributed by atoms with E-state index in [0.717, 1.165) is 39.7 Å².